The number of pyridine rings is 1. The lowest BCUT2D eigenvalue weighted by Crippen LogP contribution is -2.04. The Hall–Kier alpha value is -2.96. The van der Waals surface area contributed by atoms with E-state index < -0.39 is 0 Å². The van der Waals surface area contributed by atoms with Crippen LogP contribution in [0.15, 0.2) is 24.4 Å². The number of hydrogen-bond donors (Lipinski definition) is 1. The zero-order chi connectivity index (χ0) is 17.0. The predicted molar refractivity (Wildman–Crippen MR) is 93.8 cm³/mol. The molecule has 4 heterocycles. The number of anilines is 1. The van der Waals surface area contributed by atoms with Gasteiger partial charge in [0.25, 0.3) is 0 Å². The highest BCUT2D eigenvalue weighted by atomic mass is 15.3. The van der Waals surface area contributed by atoms with Crippen molar-refractivity contribution >= 4 is 22.5 Å². The topological polar surface area (TPSA) is 86.9 Å². The van der Waals surface area contributed by atoms with E-state index in [1.807, 2.05) is 38.2 Å². The minimum atomic E-state index is 0.291. The van der Waals surface area contributed by atoms with Crippen LogP contribution in [0.25, 0.3) is 27.9 Å². The third-order valence-corrected chi connectivity index (χ3v) is 4.15. The molecule has 24 heavy (non-hydrogen) atoms. The average Bonchev–Trinajstić information content (AvgIpc) is 3.06. The molecule has 0 radical (unpaired) electrons. The summed E-state index contributed by atoms with van der Waals surface area (Å²) in [5.41, 5.74) is 10.4. The van der Waals surface area contributed by atoms with Crippen LogP contribution < -0.4 is 5.73 Å². The molecule has 0 spiro atoms. The molecule has 4 aromatic heterocycles. The van der Waals surface area contributed by atoms with Crippen LogP contribution in [0.3, 0.4) is 0 Å². The van der Waals surface area contributed by atoms with E-state index in [9.17, 15) is 0 Å². The van der Waals surface area contributed by atoms with Crippen LogP contribution in [0.2, 0.25) is 0 Å². The lowest BCUT2D eigenvalue weighted by molar-refractivity contribution is 0.595. The van der Waals surface area contributed by atoms with Gasteiger partial charge in [0.2, 0.25) is 0 Å². The van der Waals surface area contributed by atoms with E-state index in [0.717, 1.165) is 33.8 Å². The van der Waals surface area contributed by atoms with E-state index in [4.69, 9.17) is 10.7 Å². The third-order valence-electron chi connectivity index (χ3n) is 4.15. The summed E-state index contributed by atoms with van der Waals surface area (Å²) in [6.45, 7) is 8.09. The van der Waals surface area contributed by atoms with Gasteiger partial charge in [0.05, 0.1) is 5.69 Å². The van der Waals surface area contributed by atoms with Crippen LogP contribution in [-0.2, 0) is 0 Å². The van der Waals surface area contributed by atoms with E-state index in [1.54, 1.807) is 4.52 Å². The molecule has 0 atom stereocenters. The molecule has 4 rings (SSSR count). The normalized spacial score (nSPS) is 11.9. The second kappa shape index (κ2) is 5.02. The van der Waals surface area contributed by atoms with E-state index in [2.05, 4.69) is 33.5 Å². The van der Waals surface area contributed by atoms with Gasteiger partial charge in [-0.1, -0.05) is 0 Å². The molecule has 0 unspecified atom stereocenters. The summed E-state index contributed by atoms with van der Waals surface area (Å²) in [7, 11) is 0. The first-order valence-corrected chi connectivity index (χ1v) is 7.93. The second-order valence-corrected chi connectivity index (χ2v) is 6.23. The quantitative estimate of drug-likeness (QED) is 0.613. The van der Waals surface area contributed by atoms with Gasteiger partial charge in [-0.3, -0.25) is 0 Å². The number of fused-ring (bicyclic) bond motifs is 2. The summed E-state index contributed by atoms with van der Waals surface area (Å²) in [5.74, 6) is 2.06. The van der Waals surface area contributed by atoms with Gasteiger partial charge in [-0.25, -0.2) is 19.5 Å². The molecule has 0 aromatic carbocycles. The molecule has 0 fully saturated rings. The fourth-order valence-corrected chi connectivity index (χ4v) is 3.23. The van der Waals surface area contributed by atoms with Crippen molar-refractivity contribution in [1.29, 1.82) is 0 Å². The van der Waals surface area contributed by atoms with Gasteiger partial charge in [0.1, 0.15) is 22.7 Å². The third kappa shape index (κ3) is 2.05. The maximum absolute atomic E-state index is 6.12. The van der Waals surface area contributed by atoms with Gasteiger partial charge in [-0.15, -0.1) is 0 Å². The van der Waals surface area contributed by atoms with Crippen LogP contribution in [0, 0.1) is 13.8 Å². The molecule has 122 valence electrons. The fourth-order valence-electron chi connectivity index (χ4n) is 3.23. The summed E-state index contributed by atoms with van der Waals surface area (Å²) in [4.78, 5) is 13.7. The zero-order valence-electron chi connectivity index (χ0n) is 14.1. The molecule has 7 nitrogen and oxygen atoms in total. The van der Waals surface area contributed by atoms with Crippen molar-refractivity contribution in [2.75, 3.05) is 5.73 Å². The number of hydrogen-bond acceptors (Lipinski definition) is 5. The Balaban J connectivity index is 1.99. The summed E-state index contributed by atoms with van der Waals surface area (Å²) in [5, 5.41) is 4.38. The fraction of sp³-hybridized carbons (Fsp3) is 0.294. The van der Waals surface area contributed by atoms with Crippen LogP contribution in [0.5, 0.6) is 0 Å². The highest BCUT2D eigenvalue weighted by molar-refractivity contribution is 5.88. The molecule has 0 bridgehead atoms. The Bertz CT molecular complexity index is 1070. The summed E-state index contributed by atoms with van der Waals surface area (Å²) in [6, 6.07) is 6.23. The van der Waals surface area contributed by atoms with Crippen LogP contribution >= 0.6 is 0 Å². The van der Waals surface area contributed by atoms with Crippen LogP contribution in [0.1, 0.15) is 31.5 Å². The van der Waals surface area contributed by atoms with Crippen molar-refractivity contribution in [2.45, 2.75) is 33.7 Å². The molecule has 7 heteroatoms. The van der Waals surface area contributed by atoms with Gasteiger partial charge in [0, 0.05) is 17.8 Å². The minimum Gasteiger partial charge on any atom is -0.382 e. The van der Waals surface area contributed by atoms with Crippen LogP contribution in [-0.4, -0.2) is 29.1 Å². The van der Waals surface area contributed by atoms with Gasteiger partial charge >= 0.3 is 0 Å². The summed E-state index contributed by atoms with van der Waals surface area (Å²) < 4.78 is 3.89. The Morgan fingerprint density at radius 3 is 2.58 bits per heavy atom. The number of aromatic nitrogens is 6. The highest BCUT2D eigenvalue weighted by Crippen LogP contribution is 2.29. The number of nitrogens with two attached hydrogens (primary N) is 1. The maximum atomic E-state index is 6.12. The molecule has 0 aliphatic rings. The second-order valence-electron chi connectivity index (χ2n) is 6.23. The predicted octanol–water partition coefficient (Wildman–Crippen LogP) is 2.92. The number of nitrogens with zero attached hydrogens (tertiary/aromatic N) is 6. The molecular weight excluding hydrogens is 302 g/mol. The molecule has 0 saturated heterocycles. The molecule has 0 amide bonds. The Labute approximate surface area is 139 Å². The molecule has 0 aliphatic heterocycles. The van der Waals surface area contributed by atoms with Gasteiger partial charge < -0.3 is 10.3 Å². The van der Waals surface area contributed by atoms with Gasteiger partial charge in [-0.05, 0) is 45.9 Å². The maximum Gasteiger partial charge on any atom is 0.160 e. The molecular formula is C17H19N7. The number of imidazole rings is 1. The van der Waals surface area contributed by atoms with E-state index in [0.29, 0.717) is 17.7 Å². The Morgan fingerprint density at radius 1 is 1.04 bits per heavy atom. The first kappa shape index (κ1) is 14.6. The SMILES string of the molecule is Cc1nc(N)c2c(-c3ccc4nc(C)n(C(C)C)c4n3)ccn2n1. The first-order valence-electron chi connectivity index (χ1n) is 7.93. The lowest BCUT2D eigenvalue weighted by Gasteiger charge is -2.10. The van der Waals surface area contributed by atoms with Crippen molar-refractivity contribution in [3.63, 3.8) is 0 Å². The highest BCUT2D eigenvalue weighted by Gasteiger charge is 2.16. The minimum absolute atomic E-state index is 0.291. The number of rotatable bonds is 2. The van der Waals surface area contributed by atoms with Crippen LogP contribution in [0.4, 0.5) is 5.82 Å². The smallest absolute Gasteiger partial charge is 0.160 e. The standard InChI is InChI=1S/C17H19N7/c1-9(2)24-11(4)20-14-6-5-13(21-17(14)24)12-7-8-23-15(12)16(18)19-10(3)22-23/h5-9H,1-4H3,(H2,18,19,22). The first-order chi connectivity index (χ1) is 11.5. The molecule has 2 N–H and O–H groups in total. The van der Waals surface area contributed by atoms with Gasteiger partial charge in [0.15, 0.2) is 11.5 Å². The van der Waals surface area contributed by atoms with E-state index >= 15 is 0 Å². The van der Waals surface area contributed by atoms with Crippen molar-refractivity contribution in [2.24, 2.45) is 0 Å². The lowest BCUT2D eigenvalue weighted by atomic mass is 10.2. The number of nitrogen functional groups attached to an aromatic ring is 1. The van der Waals surface area contributed by atoms with Crippen molar-refractivity contribution in [3.05, 3.63) is 36.0 Å². The Kier molecular flexibility index (Phi) is 3.06. The van der Waals surface area contributed by atoms with Crippen molar-refractivity contribution in [3.8, 4) is 11.3 Å². The van der Waals surface area contributed by atoms with Gasteiger partial charge in [-0.2, -0.15) is 5.10 Å². The van der Waals surface area contributed by atoms with Crippen molar-refractivity contribution in [1.82, 2.24) is 29.1 Å². The largest absolute Gasteiger partial charge is 0.382 e. The Morgan fingerprint density at radius 2 is 1.83 bits per heavy atom. The molecule has 4 aromatic rings. The monoisotopic (exact) mass is 321 g/mol. The molecule has 0 saturated carbocycles. The van der Waals surface area contributed by atoms with E-state index in [1.165, 1.54) is 0 Å². The average molecular weight is 321 g/mol. The number of aryl methyl sites for hydroxylation is 2. The summed E-state index contributed by atoms with van der Waals surface area (Å²) >= 11 is 0. The van der Waals surface area contributed by atoms with Crippen molar-refractivity contribution < 1.29 is 0 Å². The molecule has 0 aliphatic carbocycles. The zero-order valence-corrected chi connectivity index (χ0v) is 14.1. The summed E-state index contributed by atoms with van der Waals surface area (Å²) in [6.07, 6.45) is 1.88. The van der Waals surface area contributed by atoms with E-state index in [-0.39, 0.29) is 0 Å².